The maximum Gasteiger partial charge on any atom is 0.263 e. The Morgan fingerprint density at radius 1 is 0.966 bits per heavy atom. The van der Waals surface area contributed by atoms with E-state index in [2.05, 4.69) is 5.32 Å². The van der Waals surface area contributed by atoms with Gasteiger partial charge in [0.05, 0.1) is 7.11 Å². The number of hydrogen-bond acceptors (Lipinski definition) is 4. The largest absolute Gasteiger partial charge is 0.508 e. The minimum absolute atomic E-state index is 0.0842. The Morgan fingerprint density at radius 3 is 2.21 bits per heavy atom. The third kappa shape index (κ3) is 3.11. The van der Waals surface area contributed by atoms with E-state index in [1.165, 1.54) is 4.90 Å². The Hall–Kier alpha value is -3.38. The van der Waals surface area contributed by atoms with Crippen LogP contribution in [0.15, 0.2) is 72.8 Å². The molecular weight excluding hydrogens is 384 g/mol. The van der Waals surface area contributed by atoms with Crippen molar-refractivity contribution >= 4 is 23.2 Å². The Kier molecular flexibility index (Phi) is 4.72. The summed E-state index contributed by atoms with van der Waals surface area (Å²) in [6.45, 7) is 0. The number of phenols is 1. The third-order valence-corrected chi connectivity index (χ3v) is 5.58. The standard InChI is InChI=1S/C23H20N2O3S/c1-25-21(27)23(24-22(25)29,18-9-5-10-19(26)14-18)17-8-3-6-15(12-17)16-7-4-11-20(13-16)28-2/h3-14,26H,1-2H3,(H,24,29). The van der Waals surface area contributed by atoms with Gasteiger partial charge >= 0.3 is 0 Å². The molecule has 3 aromatic carbocycles. The number of nitrogens with zero attached hydrogens (tertiary/aromatic N) is 1. The molecule has 29 heavy (non-hydrogen) atoms. The van der Waals surface area contributed by atoms with E-state index in [4.69, 9.17) is 17.0 Å². The number of benzene rings is 3. The number of rotatable bonds is 4. The van der Waals surface area contributed by atoms with Crippen LogP contribution in [0.4, 0.5) is 0 Å². The number of likely N-dealkylation sites (N-methyl/N-ethyl adjacent to an activating group) is 1. The van der Waals surface area contributed by atoms with Crippen LogP contribution in [0.3, 0.4) is 0 Å². The van der Waals surface area contributed by atoms with Crippen LogP contribution in [0.2, 0.25) is 0 Å². The van der Waals surface area contributed by atoms with Crippen LogP contribution in [-0.2, 0) is 10.3 Å². The second kappa shape index (κ2) is 7.22. The van der Waals surface area contributed by atoms with Gasteiger partial charge in [-0.2, -0.15) is 0 Å². The van der Waals surface area contributed by atoms with Gasteiger partial charge in [-0.3, -0.25) is 9.69 Å². The van der Waals surface area contributed by atoms with Crippen molar-refractivity contribution < 1.29 is 14.6 Å². The first-order valence-electron chi connectivity index (χ1n) is 9.10. The van der Waals surface area contributed by atoms with E-state index in [0.29, 0.717) is 10.7 Å². The lowest BCUT2D eigenvalue weighted by Gasteiger charge is -2.28. The second-order valence-corrected chi connectivity index (χ2v) is 7.29. The zero-order valence-electron chi connectivity index (χ0n) is 16.0. The lowest BCUT2D eigenvalue weighted by Crippen LogP contribution is -2.44. The van der Waals surface area contributed by atoms with Crippen LogP contribution in [0.5, 0.6) is 11.5 Å². The minimum atomic E-state index is -1.21. The van der Waals surface area contributed by atoms with Gasteiger partial charge in [0.25, 0.3) is 5.91 Å². The van der Waals surface area contributed by atoms with Crippen molar-refractivity contribution in [2.75, 3.05) is 14.2 Å². The molecule has 3 aromatic rings. The number of methoxy groups -OCH3 is 1. The first-order valence-corrected chi connectivity index (χ1v) is 9.51. The van der Waals surface area contributed by atoms with E-state index in [1.807, 2.05) is 54.6 Å². The number of ether oxygens (including phenoxy) is 1. The van der Waals surface area contributed by atoms with Gasteiger partial charge < -0.3 is 15.2 Å². The van der Waals surface area contributed by atoms with Gasteiger partial charge in [0.2, 0.25) is 0 Å². The molecule has 1 heterocycles. The van der Waals surface area contributed by atoms with Crippen LogP contribution >= 0.6 is 12.2 Å². The van der Waals surface area contributed by atoms with Gasteiger partial charge in [-0.15, -0.1) is 0 Å². The van der Waals surface area contributed by atoms with Crippen LogP contribution in [0, 0.1) is 0 Å². The number of phenolic OH excluding ortho intramolecular Hbond substituents is 1. The lowest BCUT2D eigenvalue weighted by atomic mass is 9.81. The topological polar surface area (TPSA) is 61.8 Å². The van der Waals surface area contributed by atoms with Crippen molar-refractivity contribution in [3.63, 3.8) is 0 Å². The molecule has 2 N–H and O–H groups in total. The van der Waals surface area contributed by atoms with Gasteiger partial charge in [-0.1, -0.05) is 42.5 Å². The fourth-order valence-corrected chi connectivity index (χ4v) is 3.91. The molecule has 146 valence electrons. The van der Waals surface area contributed by atoms with Crippen molar-refractivity contribution in [2.45, 2.75) is 5.54 Å². The molecule has 1 unspecified atom stereocenters. The Balaban J connectivity index is 1.91. The fourth-order valence-electron chi connectivity index (χ4n) is 3.67. The number of nitrogens with one attached hydrogen (secondary N) is 1. The quantitative estimate of drug-likeness (QED) is 0.650. The summed E-state index contributed by atoms with van der Waals surface area (Å²) in [5.41, 5.74) is 2.06. The summed E-state index contributed by atoms with van der Waals surface area (Å²) in [5.74, 6) is 0.642. The highest BCUT2D eigenvalue weighted by Crippen LogP contribution is 2.38. The average molecular weight is 404 g/mol. The number of carbonyl (C=O) groups is 1. The zero-order chi connectivity index (χ0) is 20.6. The van der Waals surface area contributed by atoms with E-state index in [0.717, 1.165) is 22.4 Å². The smallest absolute Gasteiger partial charge is 0.263 e. The average Bonchev–Trinajstić information content (AvgIpc) is 2.99. The summed E-state index contributed by atoms with van der Waals surface area (Å²) < 4.78 is 5.34. The van der Waals surface area contributed by atoms with E-state index in [-0.39, 0.29) is 11.7 Å². The number of thiocarbonyl (C=S) groups is 1. The van der Waals surface area contributed by atoms with Crippen molar-refractivity contribution in [1.29, 1.82) is 0 Å². The fraction of sp³-hybridized carbons (Fsp3) is 0.130. The molecule has 0 radical (unpaired) electrons. The zero-order valence-corrected chi connectivity index (χ0v) is 16.9. The molecule has 1 amide bonds. The molecule has 0 aromatic heterocycles. The molecule has 0 aliphatic carbocycles. The second-order valence-electron chi connectivity index (χ2n) is 6.91. The van der Waals surface area contributed by atoms with Gasteiger partial charge in [0.15, 0.2) is 10.7 Å². The van der Waals surface area contributed by atoms with E-state index in [9.17, 15) is 9.90 Å². The molecule has 1 atom stereocenters. The molecule has 0 bridgehead atoms. The molecule has 1 aliphatic heterocycles. The molecule has 0 saturated carbocycles. The van der Waals surface area contributed by atoms with Gasteiger partial charge in [-0.05, 0) is 64.8 Å². The monoisotopic (exact) mass is 404 g/mol. The summed E-state index contributed by atoms with van der Waals surface area (Å²) in [6, 6.07) is 22.2. The normalized spacial score (nSPS) is 18.6. The first kappa shape index (κ1) is 19.0. The molecule has 0 spiro atoms. The number of carbonyl (C=O) groups excluding carboxylic acids is 1. The predicted molar refractivity (Wildman–Crippen MR) is 116 cm³/mol. The Morgan fingerprint density at radius 2 is 1.59 bits per heavy atom. The molecule has 5 nitrogen and oxygen atoms in total. The summed E-state index contributed by atoms with van der Waals surface area (Å²) in [6.07, 6.45) is 0. The maximum atomic E-state index is 13.4. The summed E-state index contributed by atoms with van der Waals surface area (Å²) in [7, 11) is 3.28. The Bertz CT molecular complexity index is 1110. The summed E-state index contributed by atoms with van der Waals surface area (Å²) >= 11 is 5.37. The van der Waals surface area contributed by atoms with Crippen molar-refractivity contribution in [3.05, 3.63) is 83.9 Å². The van der Waals surface area contributed by atoms with Gasteiger partial charge in [0.1, 0.15) is 11.5 Å². The number of aromatic hydroxyl groups is 1. The van der Waals surface area contributed by atoms with Crippen molar-refractivity contribution in [1.82, 2.24) is 10.2 Å². The minimum Gasteiger partial charge on any atom is -0.508 e. The van der Waals surface area contributed by atoms with E-state index < -0.39 is 5.54 Å². The molecular formula is C23H20N2O3S. The maximum absolute atomic E-state index is 13.4. The molecule has 1 saturated heterocycles. The predicted octanol–water partition coefficient (Wildman–Crippen LogP) is 3.66. The highest BCUT2D eigenvalue weighted by Gasteiger charge is 2.51. The van der Waals surface area contributed by atoms with E-state index in [1.54, 1.807) is 32.4 Å². The van der Waals surface area contributed by atoms with Crippen molar-refractivity contribution in [2.24, 2.45) is 0 Å². The van der Waals surface area contributed by atoms with E-state index >= 15 is 0 Å². The molecule has 4 rings (SSSR count). The number of hydrogen-bond donors (Lipinski definition) is 2. The van der Waals surface area contributed by atoms with Gasteiger partial charge in [-0.25, -0.2) is 0 Å². The molecule has 1 aliphatic rings. The highest BCUT2D eigenvalue weighted by molar-refractivity contribution is 7.80. The van der Waals surface area contributed by atoms with Crippen LogP contribution in [0.1, 0.15) is 11.1 Å². The number of amides is 1. The third-order valence-electron chi connectivity index (χ3n) is 5.20. The highest BCUT2D eigenvalue weighted by atomic mass is 32.1. The molecule has 1 fully saturated rings. The van der Waals surface area contributed by atoms with Crippen LogP contribution in [-0.4, -0.2) is 35.2 Å². The summed E-state index contributed by atoms with van der Waals surface area (Å²) in [5, 5.41) is 13.6. The van der Waals surface area contributed by atoms with Crippen molar-refractivity contribution in [3.8, 4) is 22.6 Å². The van der Waals surface area contributed by atoms with Crippen LogP contribution in [0.25, 0.3) is 11.1 Å². The first-order chi connectivity index (χ1) is 14.0. The summed E-state index contributed by atoms with van der Waals surface area (Å²) in [4.78, 5) is 14.8. The Labute approximate surface area is 174 Å². The van der Waals surface area contributed by atoms with Gasteiger partial charge in [0, 0.05) is 7.05 Å². The molecule has 6 heteroatoms. The van der Waals surface area contributed by atoms with Crippen LogP contribution < -0.4 is 10.1 Å². The lowest BCUT2D eigenvalue weighted by molar-refractivity contribution is -0.129. The SMILES string of the molecule is COc1cccc(-c2cccc(C3(c4cccc(O)c4)NC(=S)N(C)C3=O)c2)c1.